The van der Waals surface area contributed by atoms with Gasteiger partial charge in [-0.05, 0) is 32.8 Å². The predicted molar refractivity (Wildman–Crippen MR) is 71.3 cm³/mol. The lowest BCUT2D eigenvalue weighted by Crippen LogP contribution is -2.13. The molecule has 2 unspecified atom stereocenters. The average molecular weight is 253 g/mol. The van der Waals surface area contributed by atoms with Crippen molar-refractivity contribution in [1.29, 1.82) is 5.26 Å². The van der Waals surface area contributed by atoms with Crippen LogP contribution in [0.2, 0.25) is 0 Å². The first-order valence-corrected chi connectivity index (χ1v) is 7.29. The monoisotopic (exact) mass is 253 g/mol. The largest absolute Gasteiger partial charge is 0.384 e. The SMILES string of the molecule is Cc1c(C#N)c(N)n(C(C)CCS(C)=O)c1C. The molecule has 5 heteroatoms. The molecule has 2 atom stereocenters. The van der Waals surface area contributed by atoms with Gasteiger partial charge in [-0.1, -0.05) is 0 Å². The van der Waals surface area contributed by atoms with E-state index < -0.39 is 10.8 Å². The van der Waals surface area contributed by atoms with E-state index >= 15 is 0 Å². The van der Waals surface area contributed by atoms with Crippen molar-refractivity contribution in [3.05, 3.63) is 16.8 Å². The van der Waals surface area contributed by atoms with Crippen molar-refractivity contribution in [1.82, 2.24) is 4.57 Å². The van der Waals surface area contributed by atoms with E-state index in [2.05, 4.69) is 6.07 Å². The number of hydrogen-bond acceptors (Lipinski definition) is 3. The summed E-state index contributed by atoms with van der Waals surface area (Å²) >= 11 is 0. The highest BCUT2D eigenvalue weighted by atomic mass is 32.2. The quantitative estimate of drug-likeness (QED) is 0.890. The fourth-order valence-corrected chi connectivity index (χ4v) is 2.70. The van der Waals surface area contributed by atoms with Crippen LogP contribution in [-0.4, -0.2) is 20.8 Å². The topological polar surface area (TPSA) is 71.8 Å². The Bertz CT molecular complexity index is 485. The van der Waals surface area contributed by atoms with E-state index in [1.807, 2.05) is 25.3 Å². The van der Waals surface area contributed by atoms with Crippen LogP contribution in [-0.2, 0) is 10.8 Å². The normalized spacial score (nSPS) is 14.3. The molecule has 0 fully saturated rings. The van der Waals surface area contributed by atoms with Crippen molar-refractivity contribution < 1.29 is 4.21 Å². The lowest BCUT2D eigenvalue weighted by molar-refractivity contribution is 0.529. The van der Waals surface area contributed by atoms with E-state index in [1.54, 1.807) is 6.26 Å². The number of nitrogens with zero attached hydrogens (tertiary/aromatic N) is 2. The molecule has 0 radical (unpaired) electrons. The molecule has 0 bridgehead atoms. The third-order valence-electron chi connectivity index (χ3n) is 3.17. The minimum atomic E-state index is -0.793. The summed E-state index contributed by atoms with van der Waals surface area (Å²) in [5.41, 5.74) is 8.51. The number of aromatic nitrogens is 1. The lowest BCUT2D eigenvalue weighted by atomic mass is 10.2. The Morgan fingerprint density at radius 1 is 1.53 bits per heavy atom. The van der Waals surface area contributed by atoms with Crippen molar-refractivity contribution in [2.75, 3.05) is 17.7 Å². The van der Waals surface area contributed by atoms with Gasteiger partial charge in [0.25, 0.3) is 0 Å². The fraction of sp³-hybridized carbons (Fsp3) is 0.583. The number of rotatable bonds is 4. The summed E-state index contributed by atoms with van der Waals surface area (Å²) in [7, 11) is -0.793. The van der Waals surface area contributed by atoms with Crippen LogP contribution in [0.4, 0.5) is 5.82 Å². The second-order valence-electron chi connectivity index (χ2n) is 4.37. The number of nitriles is 1. The molecule has 0 amide bonds. The molecule has 0 aliphatic heterocycles. The van der Waals surface area contributed by atoms with E-state index in [0.29, 0.717) is 17.1 Å². The summed E-state index contributed by atoms with van der Waals surface area (Å²) in [5, 5.41) is 9.04. The Labute approximate surface area is 105 Å². The summed E-state index contributed by atoms with van der Waals surface area (Å²) in [6, 6.07) is 2.31. The smallest absolute Gasteiger partial charge is 0.122 e. The van der Waals surface area contributed by atoms with Crippen LogP contribution < -0.4 is 5.73 Å². The zero-order valence-corrected chi connectivity index (χ0v) is 11.6. The highest BCUT2D eigenvalue weighted by Crippen LogP contribution is 2.28. The van der Waals surface area contributed by atoms with Gasteiger partial charge >= 0.3 is 0 Å². The van der Waals surface area contributed by atoms with Gasteiger partial charge in [-0.3, -0.25) is 4.21 Å². The first-order valence-electron chi connectivity index (χ1n) is 5.57. The molecule has 2 N–H and O–H groups in total. The highest BCUT2D eigenvalue weighted by molar-refractivity contribution is 7.84. The summed E-state index contributed by atoms with van der Waals surface area (Å²) < 4.78 is 13.1. The summed E-state index contributed by atoms with van der Waals surface area (Å²) in [6.07, 6.45) is 2.50. The predicted octanol–water partition coefficient (Wildman–Crippen LogP) is 1.89. The molecule has 0 spiro atoms. The molecule has 94 valence electrons. The third kappa shape index (κ3) is 2.70. The van der Waals surface area contributed by atoms with E-state index in [1.165, 1.54) is 0 Å². The lowest BCUT2D eigenvalue weighted by Gasteiger charge is -2.17. The Kier molecular flexibility index (Phi) is 4.35. The van der Waals surface area contributed by atoms with Crippen molar-refractivity contribution in [3.63, 3.8) is 0 Å². The standard InChI is InChI=1S/C12H19N3OS/c1-8(5-6-17(4)16)15-10(3)9(2)11(7-13)12(15)14/h8H,5-6,14H2,1-4H3. The fourth-order valence-electron chi connectivity index (χ4n) is 2.03. The molecular weight excluding hydrogens is 234 g/mol. The van der Waals surface area contributed by atoms with E-state index in [0.717, 1.165) is 17.7 Å². The molecule has 1 rings (SSSR count). The van der Waals surface area contributed by atoms with Crippen LogP contribution >= 0.6 is 0 Å². The van der Waals surface area contributed by atoms with Crippen LogP contribution in [0.1, 0.15) is 36.2 Å². The van der Waals surface area contributed by atoms with Gasteiger partial charge in [-0.25, -0.2) is 0 Å². The number of nitrogens with two attached hydrogens (primary N) is 1. The zero-order chi connectivity index (χ0) is 13.2. The Morgan fingerprint density at radius 3 is 2.53 bits per heavy atom. The Balaban J connectivity index is 3.06. The second kappa shape index (κ2) is 5.37. The van der Waals surface area contributed by atoms with E-state index in [4.69, 9.17) is 11.0 Å². The molecule has 4 nitrogen and oxygen atoms in total. The first kappa shape index (κ1) is 13.8. The molecule has 0 aliphatic carbocycles. The maximum absolute atomic E-state index is 11.1. The molecular formula is C12H19N3OS. The van der Waals surface area contributed by atoms with Gasteiger partial charge in [0.1, 0.15) is 11.9 Å². The van der Waals surface area contributed by atoms with Gasteiger partial charge in [-0.15, -0.1) is 0 Å². The van der Waals surface area contributed by atoms with Crippen LogP contribution in [0.25, 0.3) is 0 Å². The van der Waals surface area contributed by atoms with Crippen LogP contribution in [0.3, 0.4) is 0 Å². The van der Waals surface area contributed by atoms with Gasteiger partial charge in [0, 0.05) is 34.5 Å². The molecule has 0 aromatic carbocycles. The molecule has 0 aliphatic rings. The molecule has 0 saturated carbocycles. The maximum Gasteiger partial charge on any atom is 0.122 e. The summed E-state index contributed by atoms with van der Waals surface area (Å²) in [6.45, 7) is 5.91. The Hall–Kier alpha value is -1.28. The third-order valence-corrected chi connectivity index (χ3v) is 3.98. The Morgan fingerprint density at radius 2 is 2.12 bits per heavy atom. The van der Waals surface area contributed by atoms with Crippen molar-refractivity contribution in [2.24, 2.45) is 0 Å². The molecule has 1 aromatic rings. The molecule has 1 heterocycles. The van der Waals surface area contributed by atoms with Crippen LogP contribution in [0.5, 0.6) is 0 Å². The minimum Gasteiger partial charge on any atom is -0.384 e. The average Bonchev–Trinajstić information content (AvgIpc) is 2.47. The minimum absolute atomic E-state index is 0.166. The van der Waals surface area contributed by atoms with Gasteiger partial charge in [-0.2, -0.15) is 5.26 Å². The van der Waals surface area contributed by atoms with Crippen molar-refractivity contribution in [3.8, 4) is 6.07 Å². The summed E-state index contributed by atoms with van der Waals surface area (Å²) in [5.74, 6) is 1.18. The number of hydrogen-bond donors (Lipinski definition) is 1. The van der Waals surface area contributed by atoms with Gasteiger partial charge in [0.05, 0.1) is 5.56 Å². The molecule has 17 heavy (non-hydrogen) atoms. The molecule has 1 aromatic heterocycles. The van der Waals surface area contributed by atoms with Gasteiger partial charge in [0.2, 0.25) is 0 Å². The van der Waals surface area contributed by atoms with Gasteiger partial charge < -0.3 is 10.3 Å². The molecule has 0 saturated heterocycles. The highest BCUT2D eigenvalue weighted by Gasteiger charge is 2.18. The van der Waals surface area contributed by atoms with Crippen molar-refractivity contribution in [2.45, 2.75) is 33.2 Å². The van der Waals surface area contributed by atoms with E-state index in [-0.39, 0.29) is 6.04 Å². The number of nitrogen functional groups attached to an aromatic ring is 1. The van der Waals surface area contributed by atoms with E-state index in [9.17, 15) is 4.21 Å². The first-order chi connectivity index (χ1) is 7.90. The van der Waals surface area contributed by atoms with Crippen LogP contribution in [0.15, 0.2) is 0 Å². The second-order valence-corrected chi connectivity index (χ2v) is 5.92. The van der Waals surface area contributed by atoms with Crippen molar-refractivity contribution >= 4 is 16.6 Å². The summed E-state index contributed by atoms with van der Waals surface area (Å²) in [4.78, 5) is 0. The zero-order valence-electron chi connectivity index (χ0n) is 10.8. The maximum atomic E-state index is 11.1. The van der Waals surface area contributed by atoms with Crippen LogP contribution in [0, 0.1) is 25.2 Å². The number of anilines is 1. The van der Waals surface area contributed by atoms with Gasteiger partial charge in [0.15, 0.2) is 0 Å².